The van der Waals surface area contributed by atoms with Crippen LogP contribution in [0.5, 0.6) is 0 Å². The number of carbonyl (C=O) groups excluding carboxylic acids is 1. The molecular weight excluding hydrogens is 296 g/mol. The first-order chi connectivity index (χ1) is 10.7. The number of benzene rings is 1. The van der Waals surface area contributed by atoms with E-state index in [4.69, 9.17) is 4.74 Å². The van der Waals surface area contributed by atoms with E-state index in [1.165, 1.54) is 4.70 Å². The van der Waals surface area contributed by atoms with Gasteiger partial charge < -0.3 is 10.1 Å². The molecule has 1 N–H and O–H groups in total. The Balaban J connectivity index is 1.46. The fourth-order valence-electron chi connectivity index (χ4n) is 2.71. The predicted molar refractivity (Wildman–Crippen MR) is 89.3 cm³/mol. The van der Waals surface area contributed by atoms with Crippen molar-refractivity contribution < 1.29 is 9.53 Å². The van der Waals surface area contributed by atoms with Crippen LogP contribution in [0.4, 0.5) is 0 Å². The molecule has 2 aromatic rings. The first kappa shape index (κ1) is 15.4. The molecule has 0 bridgehead atoms. The lowest BCUT2D eigenvalue weighted by Crippen LogP contribution is -2.28. The first-order valence-electron chi connectivity index (χ1n) is 7.96. The molecule has 0 aliphatic carbocycles. The van der Waals surface area contributed by atoms with Crippen LogP contribution in [0.15, 0.2) is 24.3 Å². The minimum atomic E-state index is 0.114. The maximum absolute atomic E-state index is 11.9. The van der Waals surface area contributed by atoms with E-state index >= 15 is 0 Å². The topological polar surface area (TPSA) is 51.2 Å². The molecule has 0 spiro atoms. The molecule has 0 radical (unpaired) electrons. The highest BCUT2D eigenvalue weighted by atomic mass is 32.1. The number of nitrogens with one attached hydrogen (secondary N) is 1. The summed E-state index contributed by atoms with van der Waals surface area (Å²) < 4.78 is 6.75. The van der Waals surface area contributed by atoms with Crippen molar-refractivity contribution >= 4 is 27.5 Å². The van der Waals surface area contributed by atoms with Gasteiger partial charge in [-0.25, -0.2) is 4.98 Å². The summed E-state index contributed by atoms with van der Waals surface area (Å²) in [5, 5.41) is 4.11. The highest BCUT2D eigenvalue weighted by Gasteiger charge is 2.17. The Morgan fingerprint density at radius 3 is 3.14 bits per heavy atom. The summed E-state index contributed by atoms with van der Waals surface area (Å²) in [6.45, 7) is 3.60. The van der Waals surface area contributed by atoms with E-state index < -0.39 is 0 Å². The summed E-state index contributed by atoms with van der Waals surface area (Å²) >= 11 is 1.71. The van der Waals surface area contributed by atoms with Gasteiger partial charge in [0.05, 0.1) is 21.3 Å². The standard InChI is InChI=1S/C17H22N2O2S/c1-12(17-19-14-6-2-3-7-15(14)22-17)11-18-16(20)9-8-13-5-4-10-21-13/h2-3,6-7,12-13H,4-5,8-11H2,1H3,(H,18,20)/t12-,13-/m1/s1. The normalized spacial score (nSPS) is 19.4. The van der Waals surface area contributed by atoms with E-state index in [-0.39, 0.29) is 17.9 Å². The minimum absolute atomic E-state index is 0.114. The lowest BCUT2D eigenvalue weighted by molar-refractivity contribution is -0.121. The van der Waals surface area contributed by atoms with Crippen molar-refractivity contribution in [3.05, 3.63) is 29.3 Å². The molecule has 1 aromatic heterocycles. The second-order valence-corrected chi connectivity index (χ2v) is 6.96. The predicted octanol–water partition coefficient (Wildman–Crippen LogP) is 3.48. The maximum Gasteiger partial charge on any atom is 0.220 e. The number of hydrogen-bond donors (Lipinski definition) is 1. The largest absolute Gasteiger partial charge is 0.378 e. The van der Waals surface area contributed by atoms with E-state index in [0.29, 0.717) is 13.0 Å². The third-order valence-electron chi connectivity index (χ3n) is 4.05. The van der Waals surface area contributed by atoms with Crippen LogP contribution < -0.4 is 5.32 Å². The molecule has 2 atom stereocenters. The van der Waals surface area contributed by atoms with Crippen molar-refractivity contribution in [2.24, 2.45) is 0 Å². The van der Waals surface area contributed by atoms with Crippen molar-refractivity contribution in [2.45, 2.75) is 44.6 Å². The van der Waals surface area contributed by atoms with Gasteiger partial charge >= 0.3 is 0 Å². The van der Waals surface area contributed by atoms with Crippen molar-refractivity contribution in [3.63, 3.8) is 0 Å². The second-order valence-electron chi connectivity index (χ2n) is 5.90. The molecule has 118 valence electrons. The number of rotatable bonds is 6. The van der Waals surface area contributed by atoms with Crippen LogP contribution in [0.2, 0.25) is 0 Å². The minimum Gasteiger partial charge on any atom is -0.378 e. The van der Waals surface area contributed by atoms with Gasteiger partial charge in [-0.3, -0.25) is 4.79 Å². The number of ether oxygens (including phenoxy) is 1. The molecule has 1 aliphatic rings. The van der Waals surface area contributed by atoms with E-state index in [2.05, 4.69) is 23.3 Å². The highest BCUT2D eigenvalue weighted by Crippen LogP contribution is 2.26. The van der Waals surface area contributed by atoms with Crippen LogP contribution in [0, 0.1) is 0 Å². The van der Waals surface area contributed by atoms with Gasteiger partial charge in [-0.15, -0.1) is 11.3 Å². The van der Waals surface area contributed by atoms with Gasteiger partial charge in [0.15, 0.2) is 0 Å². The van der Waals surface area contributed by atoms with Crippen LogP contribution in [-0.2, 0) is 9.53 Å². The first-order valence-corrected chi connectivity index (χ1v) is 8.78. The molecule has 2 heterocycles. The lowest BCUT2D eigenvalue weighted by Gasteiger charge is -2.12. The van der Waals surface area contributed by atoms with Gasteiger partial charge in [-0.1, -0.05) is 19.1 Å². The third kappa shape index (κ3) is 3.84. The molecular formula is C17H22N2O2S. The number of para-hydroxylation sites is 1. The summed E-state index contributed by atoms with van der Waals surface area (Å²) in [5.74, 6) is 0.354. The van der Waals surface area contributed by atoms with Gasteiger partial charge in [0.25, 0.3) is 0 Å². The Labute approximate surface area is 134 Å². The number of nitrogens with zero attached hydrogens (tertiary/aromatic N) is 1. The Morgan fingerprint density at radius 1 is 1.50 bits per heavy atom. The summed E-state index contributed by atoms with van der Waals surface area (Å²) in [6.07, 6.45) is 3.89. The van der Waals surface area contributed by atoms with Crippen LogP contribution in [-0.4, -0.2) is 30.1 Å². The molecule has 4 nitrogen and oxygen atoms in total. The molecule has 3 rings (SSSR count). The molecule has 1 saturated heterocycles. The van der Waals surface area contributed by atoms with Crippen molar-refractivity contribution in [2.75, 3.05) is 13.2 Å². The molecule has 5 heteroatoms. The summed E-state index contributed by atoms with van der Waals surface area (Å²) in [6, 6.07) is 8.15. The van der Waals surface area contributed by atoms with Gasteiger partial charge in [-0.05, 0) is 31.4 Å². The van der Waals surface area contributed by atoms with E-state index in [0.717, 1.165) is 36.4 Å². The zero-order valence-electron chi connectivity index (χ0n) is 12.9. The Morgan fingerprint density at radius 2 is 2.36 bits per heavy atom. The smallest absolute Gasteiger partial charge is 0.220 e. The SMILES string of the molecule is C[C@H](CNC(=O)CC[C@H]1CCCO1)c1nc2ccccc2s1. The van der Waals surface area contributed by atoms with Crippen LogP contribution in [0.1, 0.15) is 43.5 Å². The zero-order chi connectivity index (χ0) is 15.4. The fraction of sp³-hybridized carbons (Fsp3) is 0.529. The van der Waals surface area contributed by atoms with Gasteiger partial charge in [0.2, 0.25) is 5.91 Å². The Hall–Kier alpha value is -1.46. The average Bonchev–Trinajstić information content (AvgIpc) is 3.19. The molecule has 0 saturated carbocycles. The van der Waals surface area contributed by atoms with Crippen LogP contribution >= 0.6 is 11.3 Å². The van der Waals surface area contributed by atoms with Crippen LogP contribution in [0.3, 0.4) is 0 Å². The monoisotopic (exact) mass is 318 g/mol. The molecule has 22 heavy (non-hydrogen) atoms. The van der Waals surface area contributed by atoms with Crippen molar-refractivity contribution in [1.82, 2.24) is 10.3 Å². The number of hydrogen-bond acceptors (Lipinski definition) is 4. The van der Waals surface area contributed by atoms with E-state index in [9.17, 15) is 4.79 Å². The quantitative estimate of drug-likeness (QED) is 0.887. The number of aromatic nitrogens is 1. The highest BCUT2D eigenvalue weighted by molar-refractivity contribution is 7.18. The Kier molecular flexibility index (Phi) is 5.05. The van der Waals surface area contributed by atoms with Gasteiger partial charge in [0.1, 0.15) is 0 Å². The third-order valence-corrected chi connectivity index (χ3v) is 5.32. The maximum atomic E-state index is 11.9. The van der Waals surface area contributed by atoms with Gasteiger partial charge in [0, 0.05) is 25.5 Å². The summed E-state index contributed by atoms with van der Waals surface area (Å²) in [7, 11) is 0. The lowest BCUT2D eigenvalue weighted by atomic mass is 10.1. The summed E-state index contributed by atoms with van der Waals surface area (Å²) in [5.41, 5.74) is 1.04. The van der Waals surface area contributed by atoms with Crippen molar-refractivity contribution in [1.29, 1.82) is 0 Å². The average molecular weight is 318 g/mol. The number of carbonyl (C=O) groups is 1. The zero-order valence-corrected chi connectivity index (χ0v) is 13.7. The summed E-state index contributed by atoms with van der Waals surface area (Å²) in [4.78, 5) is 16.6. The Bertz CT molecular complexity index is 601. The molecule has 1 aromatic carbocycles. The molecule has 1 fully saturated rings. The van der Waals surface area contributed by atoms with Crippen molar-refractivity contribution in [3.8, 4) is 0 Å². The van der Waals surface area contributed by atoms with E-state index in [1.54, 1.807) is 11.3 Å². The molecule has 1 aliphatic heterocycles. The van der Waals surface area contributed by atoms with E-state index in [1.807, 2.05) is 18.2 Å². The second kappa shape index (κ2) is 7.20. The van der Waals surface area contributed by atoms with Gasteiger partial charge in [-0.2, -0.15) is 0 Å². The number of amides is 1. The molecule has 0 unspecified atom stereocenters. The number of fused-ring (bicyclic) bond motifs is 1. The molecule has 1 amide bonds. The fourth-order valence-corrected chi connectivity index (χ4v) is 3.73. The van der Waals surface area contributed by atoms with Crippen LogP contribution in [0.25, 0.3) is 10.2 Å². The number of thiazole rings is 1.